The highest BCUT2D eigenvalue weighted by molar-refractivity contribution is 6.37. The maximum atomic E-state index is 12.6. The summed E-state index contributed by atoms with van der Waals surface area (Å²) in [6.07, 6.45) is 0. The Morgan fingerprint density at radius 2 is 1.86 bits per heavy atom. The first-order valence-electron chi connectivity index (χ1n) is 9.18. The van der Waals surface area contributed by atoms with Crippen LogP contribution in [0.25, 0.3) is 22.6 Å². The Balaban J connectivity index is 1.61. The minimum absolute atomic E-state index is 0.297. The van der Waals surface area contributed by atoms with Crippen molar-refractivity contribution in [1.82, 2.24) is 4.98 Å². The second kappa shape index (κ2) is 7.90. The zero-order valence-corrected chi connectivity index (χ0v) is 17.4. The number of benzene rings is 3. The molecule has 0 aliphatic rings. The van der Waals surface area contributed by atoms with Crippen LogP contribution in [-0.4, -0.2) is 10.9 Å². The van der Waals surface area contributed by atoms with Crippen molar-refractivity contribution in [3.05, 3.63) is 81.8 Å². The number of carbonyl (C=O) groups excluding carboxylic acids is 1. The molecule has 1 N–H and O–H groups in total. The zero-order chi connectivity index (χ0) is 20.5. The van der Waals surface area contributed by atoms with Gasteiger partial charge in [-0.3, -0.25) is 4.79 Å². The van der Waals surface area contributed by atoms with Gasteiger partial charge in [-0.15, -0.1) is 0 Å². The van der Waals surface area contributed by atoms with E-state index in [-0.39, 0.29) is 5.91 Å². The van der Waals surface area contributed by atoms with E-state index < -0.39 is 0 Å². The molecule has 0 bridgehead atoms. The van der Waals surface area contributed by atoms with E-state index >= 15 is 0 Å². The zero-order valence-electron chi connectivity index (χ0n) is 15.9. The molecular weight excluding hydrogens is 407 g/mol. The first-order valence-corrected chi connectivity index (χ1v) is 9.93. The molecule has 29 heavy (non-hydrogen) atoms. The summed E-state index contributed by atoms with van der Waals surface area (Å²) in [5, 5.41) is 3.62. The molecule has 6 heteroatoms. The number of aromatic nitrogens is 1. The van der Waals surface area contributed by atoms with Gasteiger partial charge in [0.05, 0.1) is 10.6 Å². The second-order valence-corrected chi connectivity index (χ2v) is 7.90. The molecule has 0 aliphatic carbocycles. The fourth-order valence-electron chi connectivity index (χ4n) is 3.03. The Hall–Kier alpha value is -2.82. The normalized spacial score (nSPS) is 11.2. The van der Waals surface area contributed by atoms with Crippen LogP contribution in [0.2, 0.25) is 10.0 Å². The number of amides is 1. The van der Waals surface area contributed by atoms with Crippen LogP contribution in [-0.2, 0) is 0 Å². The summed E-state index contributed by atoms with van der Waals surface area (Å²) in [6.45, 7) is 4.28. The second-order valence-electron chi connectivity index (χ2n) is 7.06. The van der Waals surface area contributed by atoms with Crippen LogP contribution in [0.1, 0.15) is 35.7 Å². The van der Waals surface area contributed by atoms with E-state index in [9.17, 15) is 4.79 Å². The molecule has 146 valence electrons. The van der Waals surface area contributed by atoms with Gasteiger partial charge in [-0.1, -0.05) is 49.2 Å². The van der Waals surface area contributed by atoms with Gasteiger partial charge in [0.1, 0.15) is 5.52 Å². The molecular formula is C23H18Cl2N2O2. The van der Waals surface area contributed by atoms with Gasteiger partial charge < -0.3 is 9.73 Å². The lowest BCUT2D eigenvalue weighted by molar-refractivity contribution is 0.102. The first-order chi connectivity index (χ1) is 13.9. The number of nitrogens with one attached hydrogen (secondary N) is 1. The van der Waals surface area contributed by atoms with Crippen LogP contribution in [0.4, 0.5) is 5.69 Å². The van der Waals surface area contributed by atoms with E-state index in [1.807, 2.05) is 30.3 Å². The summed E-state index contributed by atoms with van der Waals surface area (Å²) in [7, 11) is 0. The molecule has 0 spiro atoms. The lowest BCUT2D eigenvalue weighted by Crippen LogP contribution is -2.12. The van der Waals surface area contributed by atoms with E-state index in [4.69, 9.17) is 27.6 Å². The van der Waals surface area contributed by atoms with Gasteiger partial charge in [-0.25, -0.2) is 4.98 Å². The number of anilines is 1. The van der Waals surface area contributed by atoms with E-state index in [1.165, 1.54) is 11.6 Å². The molecule has 4 nitrogen and oxygen atoms in total. The van der Waals surface area contributed by atoms with Crippen LogP contribution in [0.15, 0.2) is 65.1 Å². The summed E-state index contributed by atoms with van der Waals surface area (Å²) in [6, 6.07) is 18.1. The van der Waals surface area contributed by atoms with Crippen molar-refractivity contribution in [1.29, 1.82) is 0 Å². The monoisotopic (exact) mass is 424 g/mol. The average molecular weight is 425 g/mol. The van der Waals surface area contributed by atoms with Crippen molar-refractivity contribution in [2.45, 2.75) is 19.8 Å². The largest absolute Gasteiger partial charge is 0.436 e. The van der Waals surface area contributed by atoms with Crippen molar-refractivity contribution in [3.63, 3.8) is 0 Å². The number of hydrogen-bond acceptors (Lipinski definition) is 3. The molecule has 0 saturated carbocycles. The van der Waals surface area contributed by atoms with Crippen LogP contribution < -0.4 is 5.32 Å². The summed E-state index contributed by atoms with van der Waals surface area (Å²) in [5.74, 6) is 0.599. The fraction of sp³-hybridized carbons (Fsp3) is 0.130. The number of oxazole rings is 1. The van der Waals surface area contributed by atoms with Gasteiger partial charge in [-0.2, -0.15) is 0 Å². The predicted molar refractivity (Wildman–Crippen MR) is 118 cm³/mol. The Morgan fingerprint density at radius 1 is 1.03 bits per heavy atom. The number of nitrogens with zero attached hydrogens (tertiary/aromatic N) is 1. The molecule has 0 radical (unpaired) electrons. The maximum absolute atomic E-state index is 12.6. The van der Waals surface area contributed by atoms with Crippen LogP contribution >= 0.6 is 23.2 Å². The number of carbonyl (C=O) groups is 1. The minimum Gasteiger partial charge on any atom is -0.436 e. The van der Waals surface area contributed by atoms with E-state index in [0.29, 0.717) is 33.1 Å². The minimum atomic E-state index is -0.317. The Morgan fingerprint density at radius 3 is 2.62 bits per heavy atom. The standard InChI is InChI=1S/C23H18Cl2N2O2/c1-13(2)14-6-9-21-20(11-14)27-23(29-21)15-4-3-5-17(10-15)26-22(28)18-8-7-16(24)12-19(18)25/h3-13H,1-2H3,(H,26,28). The van der Waals surface area contributed by atoms with E-state index in [0.717, 1.165) is 16.7 Å². The summed E-state index contributed by atoms with van der Waals surface area (Å²) >= 11 is 12.0. The number of hydrogen-bond donors (Lipinski definition) is 1. The Kier molecular flexibility index (Phi) is 5.31. The van der Waals surface area contributed by atoms with Crippen molar-refractivity contribution < 1.29 is 9.21 Å². The molecule has 0 saturated heterocycles. The molecule has 3 aromatic carbocycles. The third kappa shape index (κ3) is 4.14. The average Bonchev–Trinajstić information content (AvgIpc) is 3.11. The molecule has 1 aromatic heterocycles. The number of halogens is 2. The highest BCUT2D eigenvalue weighted by Crippen LogP contribution is 2.29. The third-order valence-corrected chi connectivity index (χ3v) is 5.17. The van der Waals surface area contributed by atoms with Crippen molar-refractivity contribution in [3.8, 4) is 11.5 Å². The van der Waals surface area contributed by atoms with Crippen LogP contribution in [0.3, 0.4) is 0 Å². The fourth-order valence-corrected chi connectivity index (χ4v) is 3.52. The Labute approximate surface area is 178 Å². The van der Waals surface area contributed by atoms with Gasteiger partial charge in [0.15, 0.2) is 5.58 Å². The number of fused-ring (bicyclic) bond motifs is 1. The molecule has 0 unspecified atom stereocenters. The molecule has 1 amide bonds. The van der Waals surface area contributed by atoms with Crippen molar-refractivity contribution in [2.75, 3.05) is 5.32 Å². The van der Waals surface area contributed by atoms with Crippen molar-refractivity contribution in [2.24, 2.45) is 0 Å². The SMILES string of the molecule is CC(C)c1ccc2oc(-c3cccc(NC(=O)c4ccc(Cl)cc4Cl)c3)nc2c1. The smallest absolute Gasteiger partial charge is 0.257 e. The molecule has 0 fully saturated rings. The number of rotatable bonds is 4. The third-order valence-electron chi connectivity index (χ3n) is 4.62. The lowest BCUT2D eigenvalue weighted by atomic mass is 10.0. The highest BCUT2D eigenvalue weighted by Gasteiger charge is 2.13. The first kappa shape index (κ1) is 19.5. The molecule has 1 heterocycles. The van der Waals surface area contributed by atoms with Crippen LogP contribution in [0.5, 0.6) is 0 Å². The van der Waals surface area contributed by atoms with Gasteiger partial charge in [0.25, 0.3) is 5.91 Å². The van der Waals surface area contributed by atoms with E-state index in [2.05, 4.69) is 30.2 Å². The molecule has 0 aliphatic heterocycles. The molecule has 0 atom stereocenters. The quantitative estimate of drug-likeness (QED) is 0.377. The van der Waals surface area contributed by atoms with E-state index in [1.54, 1.807) is 18.2 Å². The summed E-state index contributed by atoms with van der Waals surface area (Å²) in [4.78, 5) is 17.2. The topological polar surface area (TPSA) is 55.1 Å². The van der Waals surface area contributed by atoms with Gasteiger partial charge in [0, 0.05) is 16.3 Å². The van der Waals surface area contributed by atoms with Crippen molar-refractivity contribution >= 4 is 45.9 Å². The van der Waals surface area contributed by atoms with Gasteiger partial charge >= 0.3 is 0 Å². The predicted octanol–water partition coefficient (Wildman–Crippen LogP) is 7.18. The Bertz CT molecular complexity index is 1210. The van der Waals surface area contributed by atoms with Crippen LogP contribution in [0, 0.1) is 0 Å². The van der Waals surface area contributed by atoms with Gasteiger partial charge in [-0.05, 0) is 60.0 Å². The highest BCUT2D eigenvalue weighted by atomic mass is 35.5. The summed E-state index contributed by atoms with van der Waals surface area (Å²) < 4.78 is 5.91. The lowest BCUT2D eigenvalue weighted by Gasteiger charge is -2.08. The maximum Gasteiger partial charge on any atom is 0.257 e. The molecule has 4 aromatic rings. The van der Waals surface area contributed by atoms with Gasteiger partial charge in [0.2, 0.25) is 5.89 Å². The molecule has 4 rings (SSSR count). The summed E-state index contributed by atoms with van der Waals surface area (Å²) in [5.41, 5.74) is 4.49.